The van der Waals surface area contributed by atoms with Gasteiger partial charge in [0.05, 0.1) is 43.7 Å². The van der Waals surface area contributed by atoms with Crippen molar-refractivity contribution in [2.75, 3.05) is 13.7 Å². The first-order chi connectivity index (χ1) is 12.9. The van der Waals surface area contributed by atoms with Gasteiger partial charge >= 0.3 is 0 Å². The topological polar surface area (TPSA) is 76.5 Å². The van der Waals surface area contributed by atoms with Gasteiger partial charge in [-0.05, 0) is 24.6 Å². The van der Waals surface area contributed by atoms with E-state index >= 15 is 0 Å². The number of amides is 2. The van der Waals surface area contributed by atoms with Gasteiger partial charge in [-0.15, -0.1) is 0 Å². The zero-order valence-electron chi connectivity index (χ0n) is 16.3. The van der Waals surface area contributed by atoms with E-state index in [1.165, 1.54) is 0 Å². The third-order valence-corrected chi connectivity index (χ3v) is 4.77. The second-order valence-electron chi connectivity index (χ2n) is 7.10. The first kappa shape index (κ1) is 18.9. The summed E-state index contributed by atoms with van der Waals surface area (Å²) in [5.74, 6) is 0.512. The highest BCUT2D eigenvalue weighted by Crippen LogP contribution is 2.22. The van der Waals surface area contributed by atoms with Crippen LogP contribution in [0.25, 0.3) is 0 Å². The summed E-state index contributed by atoms with van der Waals surface area (Å²) in [6.07, 6.45) is 0. The average Bonchev–Trinajstić information content (AvgIpc) is 3.07. The summed E-state index contributed by atoms with van der Waals surface area (Å²) in [6.45, 7) is 7.93. The summed E-state index contributed by atoms with van der Waals surface area (Å²) >= 11 is 0. The highest BCUT2D eigenvalue weighted by atomic mass is 16.5. The Labute approximate surface area is 159 Å². The Balaban J connectivity index is 1.67. The van der Waals surface area contributed by atoms with Crippen LogP contribution in [0.4, 0.5) is 0 Å². The third-order valence-electron chi connectivity index (χ3n) is 4.77. The molecule has 144 valence electrons. The Bertz CT molecular complexity index is 857. The van der Waals surface area contributed by atoms with E-state index in [0.29, 0.717) is 37.5 Å². The van der Waals surface area contributed by atoms with Crippen LogP contribution >= 0.6 is 0 Å². The minimum atomic E-state index is -0.187. The van der Waals surface area contributed by atoms with Crippen LogP contribution in [0.15, 0.2) is 24.3 Å². The largest absolute Gasteiger partial charge is 0.496 e. The molecule has 0 fully saturated rings. The number of nitrogens with one attached hydrogen (secondary N) is 1. The summed E-state index contributed by atoms with van der Waals surface area (Å²) in [5, 5.41) is 7.47. The van der Waals surface area contributed by atoms with E-state index in [4.69, 9.17) is 4.74 Å². The monoisotopic (exact) mass is 370 g/mol. The Morgan fingerprint density at radius 1 is 1.30 bits per heavy atom. The maximum absolute atomic E-state index is 12.6. The van der Waals surface area contributed by atoms with Crippen molar-refractivity contribution in [3.8, 4) is 5.75 Å². The molecule has 2 aromatic rings. The summed E-state index contributed by atoms with van der Waals surface area (Å²) < 4.78 is 7.22. The zero-order chi connectivity index (χ0) is 19.6. The lowest BCUT2D eigenvalue weighted by Crippen LogP contribution is -2.40. The lowest BCUT2D eigenvalue weighted by Gasteiger charge is -2.29. The maximum Gasteiger partial charge on any atom is 0.255 e. The third kappa shape index (κ3) is 3.97. The van der Waals surface area contributed by atoms with E-state index in [-0.39, 0.29) is 17.7 Å². The van der Waals surface area contributed by atoms with Crippen molar-refractivity contribution in [3.05, 3.63) is 46.8 Å². The molecule has 2 amide bonds. The van der Waals surface area contributed by atoms with Gasteiger partial charge in [-0.1, -0.05) is 26.0 Å². The van der Waals surface area contributed by atoms with Gasteiger partial charge in [0.25, 0.3) is 5.91 Å². The van der Waals surface area contributed by atoms with Gasteiger partial charge in [0, 0.05) is 12.5 Å². The van der Waals surface area contributed by atoms with Crippen LogP contribution in [-0.4, -0.2) is 40.1 Å². The molecular weight excluding hydrogens is 344 g/mol. The van der Waals surface area contributed by atoms with Gasteiger partial charge in [0.15, 0.2) is 0 Å². The Kier molecular flexibility index (Phi) is 5.48. The number of hydrogen-bond donors (Lipinski definition) is 1. The molecule has 7 heteroatoms. The summed E-state index contributed by atoms with van der Waals surface area (Å²) in [6, 6.07) is 7.47. The predicted molar refractivity (Wildman–Crippen MR) is 101 cm³/mol. The first-order valence-corrected chi connectivity index (χ1v) is 9.17. The number of benzene rings is 1. The summed E-state index contributed by atoms with van der Waals surface area (Å²) in [4.78, 5) is 26.7. The molecule has 0 bridgehead atoms. The van der Waals surface area contributed by atoms with Crippen LogP contribution in [0.1, 0.15) is 41.2 Å². The van der Waals surface area contributed by atoms with Crippen molar-refractivity contribution < 1.29 is 14.3 Å². The SMILES string of the molecule is COc1cccc(C)c1C(=O)NCc1cc2n(n1)CCN(C(=O)C(C)C)C2. The van der Waals surface area contributed by atoms with Gasteiger partial charge in [0.2, 0.25) is 5.91 Å². The van der Waals surface area contributed by atoms with E-state index < -0.39 is 0 Å². The highest BCUT2D eigenvalue weighted by molar-refractivity contribution is 5.98. The van der Waals surface area contributed by atoms with Crippen LogP contribution in [0.5, 0.6) is 5.75 Å². The number of ether oxygens (including phenoxy) is 1. The quantitative estimate of drug-likeness (QED) is 0.875. The van der Waals surface area contributed by atoms with Crippen LogP contribution in [0.3, 0.4) is 0 Å². The minimum Gasteiger partial charge on any atom is -0.496 e. The molecule has 1 aromatic carbocycles. The Hall–Kier alpha value is -2.83. The number of aryl methyl sites for hydroxylation is 1. The molecule has 0 unspecified atom stereocenters. The average molecular weight is 370 g/mol. The summed E-state index contributed by atoms with van der Waals surface area (Å²) in [5.41, 5.74) is 3.18. The standard InChI is InChI=1S/C20H26N4O3/c1-13(2)20(26)23-8-9-24-16(12-23)10-15(22-24)11-21-19(25)18-14(3)6-5-7-17(18)27-4/h5-7,10,13H,8-9,11-12H2,1-4H3,(H,21,25). The Morgan fingerprint density at radius 2 is 2.07 bits per heavy atom. The molecular formula is C20H26N4O3. The van der Waals surface area contributed by atoms with Crippen LogP contribution in [0, 0.1) is 12.8 Å². The van der Waals surface area contributed by atoms with Gasteiger partial charge in [-0.3, -0.25) is 14.3 Å². The number of hydrogen-bond acceptors (Lipinski definition) is 4. The Morgan fingerprint density at radius 3 is 2.78 bits per heavy atom. The van der Waals surface area contributed by atoms with E-state index in [9.17, 15) is 9.59 Å². The smallest absolute Gasteiger partial charge is 0.255 e. The molecule has 0 aliphatic carbocycles. The fourth-order valence-electron chi connectivity index (χ4n) is 3.33. The van der Waals surface area contributed by atoms with Crippen molar-refractivity contribution in [2.45, 2.75) is 40.4 Å². The van der Waals surface area contributed by atoms with Crippen molar-refractivity contribution in [2.24, 2.45) is 5.92 Å². The predicted octanol–water partition coefficient (Wildman–Crippen LogP) is 2.13. The number of fused-ring (bicyclic) bond motifs is 1. The van der Waals surface area contributed by atoms with Crippen molar-refractivity contribution >= 4 is 11.8 Å². The molecule has 0 radical (unpaired) electrons. The van der Waals surface area contributed by atoms with Gasteiger partial charge in [-0.2, -0.15) is 5.10 Å². The van der Waals surface area contributed by atoms with Crippen molar-refractivity contribution in [3.63, 3.8) is 0 Å². The second-order valence-corrected chi connectivity index (χ2v) is 7.10. The molecule has 1 N–H and O–H groups in total. The maximum atomic E-state index is 12.6. The zero-order valence-corrected chi connectivity index (χ0v) is 16.3. The minimum absolute atomic E-state index is 0.0117. The number of nitrogens with zero attached hydrogens (tertiary/aromatic N) is 3. The fraction of sp³-hybridized carbons (Fsp3) is 0.450. The molecule has 27 heavy (non-hydrogen) atoms. The fourth-order valence-corrected chi connectivity index (χ4v) is 3.33. The molecule has 7 nitrogen and oxygen atoms in total. The molecule has 0 spiro atoms. The first-order valence-electron chi connectivity index (χ1n) is 9.17. The van der Waals surface area contributed by atoms with E-state index in [1.807, 2.05) is 48.6 Å². The lowest BCUT2D eigenvalue weighted by atomic mass is 10.1. The second kappa shape index (κ2) is 7.82. The molecule has 3 rings (SSSR count). The van der Waals surface area contributed by atoms with E-state index in [1.54, 1.807) is 13.2 Å². The molecule has 0 saturated carbocycles. The number of methoxy groups -OCH3 is 1. The number of carbonyl (C=O) groups excluding carboxylic acids is 2. The van der Waals surface area contributed by atoms with E-state index in [2.05, 4.69) is 10.4 Å². The van der Waals surface area contributed by atoms with Crippen molar-refractivity contribution in [1.82, 2.24) is 20.0 Å². The van der Waals surface area contributed by atoms with Gasteiger partial charge < -0.3 is 15.0 Å². The molecule has 1 aliphatic heterocycles. The van der Waals surface area contributed by atoms with Crippen LogP contribution in [-0.2, 0) is 24.4 Å². The van der Waals surface area contributed by atoms with Crippen LogP contribution < -0.4 is 10.1 Å². The number of aromatic nitrogens is 2. The van der Waals surface area contributed by atoms with Crippen molar-refractivity contribution in [1.29, 1.82) is 0 Å². The normalized spacial score (nSPS) is 13.4. The number of rotatable bonds is 5. The number of carbonyl (C=O) groups is 2. The highest BCUT2D eigenvalue weighted by Gasteiger charge is 2.24. The lowest BCUT2D eigenvalue weighted by molar-refractivity contribution is -0.136. The van der Waals surface area contributed by atoms with Gasteiger partial charge in [-0.25, -0.2) is 0 Å². The molecule has 0 atom stereocenters. The molecule has 2 heterocycles. The molecule has 1 aromatic heterocycles. The van der Waals surface area contributed by atoms with E-state index in [0.717, 1.165) is 17.0 Å². The molecule has 0 saturated heterocycles. The van der Waals surface area contributed by atoms with Gasteiger partial charge in [0.1, 0.15) is 5.75 Å². The van der Waals surface area contributed by atoms with Crippen LogP contribution in [0.2, 0.25) is 0 Å². The summed E-state index contributed by atoms with van der Waals surface area (Å²) in [7, 11) is 1.55. The molecule has 1 aliphatic rings.